The number of rotatable bonds is 6. The second-order valence-corrected chi connectivity index (χ2v) is 8.84. The molecule has 1 aliphatic heterocycles. The van der Waals surface area contributed by atoms with E-state index in [2.05, 4.69) is 47.4 Å². The predicted octanol–water partition coefficient (Wildman–Crippen LogP) is 4.24. The van der Waals surface area contributed by atoms with E-state index in [0.29, 0.717) is 30.4 Å². The summed E-state index contributed by atoms with van der Waals surface area (Å²) in [5, 5.41) is 19.4. The van der Waals surface area contributed by atoms with Crippen molar-refractivity contribution in [1.82, 2.24) is 9.88 Å². The van der Waals surface area contributed by atoms with Crippen LogP contribution in [0.15, 0.2) is 60.7 Å². The molecule has 0 spiro atoms. The summed E-state index contributed by atoms with van der Waals surface area (Å²) >= 11 is 0. The molecule has 3 aromatic rings. The number of aliphatic hydroxyl groups is 2. The topological polar surface area (TPSA) is 73.7 Å². The summed E-state index contributed by atoms with van der Waals surface area (Å²) in [7, 11) is 0. The zero-order valence-electron chi connectivity index (χ0n) is 18.1. The first-order valence-electron chi connectivity index (χ1n) is 11.4. The van der Waals surface area contributed by atoms with Crippen LogP contribution in [0.1, 0.15) is 64.0 Å². The second kappa shape index (κ2) is 8.85. The monoisotopic (exact) mass is 428 g/mol. The van der Waals surface area contributed by atoms with E-state index in [-0.39, 0.29) is 25.0 Å². The smallest absolute Gasteiger partial charge is 0.272 e. The van der Waals surface area contributed by atoms with Gasteiger partial charge in [-0.3, -0.25) is 4.79 Å². The molecule has 5 heteroatoms. The SMILES string of the molecule is O=C(c1cccc(CO)n1)N1CCC(c2ccc(-c3ccccc3C3CC3)cc2CO)C1. The Labute approximate surface area is 188 Å². The Kier molecular flexibility index (Phi) is 5.77. The average molecular weight is 429 g/mol. The Bertz CT molecular complexity index is 1140. The lowest BCUT2D eigenvalue weighted by molar-refractivity contribution is 0.0784. The first-order chi connectivity index (χ1) is 15.7. The number of hydrogen-bond donors (Lipinski definition) is 2. The van der Waals surface area contributed by atoms with Crippen molar-refractivity contribution >= 4 is 5.91 Å². The van der Waals surface area contributed by atoms with Crippen LogP contribution in [0.5, 0.6) is 0 Å². The van der Waals surface area contributed by atoms with Gasteiger partial charge < -0.3 is 15.1 Å². The van der Waals surface area contributed by atoms with Crippen molar-refractivity contribution in [2.24, 2.45) is 0 Å². The van der Waals surface area contributed by atoms with Crippen LogP contribution in [0.4, 0.5) is 0 Å². The molecule has 1 amide bonds. The summed E-state index contributed by atoms with van der Waals surface area (Å²) in [4.78, 5) is 19.0. The highest BCUT2D eigenvalue weighted by atomic mass is 16.3. The number of amides is 1. The van der Waals surface area contributed by atoms with Gasteiger partial charge in [0.15, 0.2) is 0 Å². The van der Waals surface area contributed by atoms with Gasteiger partial charge in [-0.05, 0) is 71.2 Å². The van der Waals surface area contributed by atoms with Crippen LogP contribution in [-0.4, -0.2) is 39.1 Å². The first-order valence-corrected chi connectivity index (χ1v) is 11.4. The van der Waals surface area contributed by atoms with Gasteiger partial charge in [0.05, 0.1) is 18.9 Å². The number of pyridine rings is 1. The molecule has 1 aromatic heterocycles. The Hall–Kier alpha value is -3.02. The fourth-order valence-electron chi connectivity index (χ4n) is 4.87. The van der Waals surface area contributed by atoms with Crippen LogP contribution < -0.4 is 0 Å². The number of nitrogens with zero attached hydrogens (tertiary/aromatic N) is 2. The first kappa shape index (κ1) is 20.9. The maximum absolute atomic E-state index is 12.9. The quantitative estimate of drug-likeness (QED) is 0.616. The zero-order chi connectivity index (χ0) is 22.1. The van der Waals surface area contributed by atoms with Gasteiger partial charge in [0.2, 0.25) is 0 Å². The maximum atomic E-state index is 12.9. The number of aromatic nitrogens is 1. The Morgan fingerprint density at radius 2 is 1.75 bits per heavy atom. The minimum absolute atomic E-state index is 0.0146. The molecule has 1 saturated carbocycles. The average Bonchev–Trinajstić information content (AvgIpc) is 3.59. The van der Waals surface area contributed by atoms with Gasteiger partial charge in [0.1, 0.15) is 5.69 Å². The molecule has 0 radical (unpaired) electrons. The molecule has 2 fully saturated rings. The van der Waals surface area contributed by atoms with E-state index in [1.807, 2.05) is 4.90 Å². The Morgan fingerprint density at radius 3 is 2.53 bits per heavy atom. The molecule has 2 aromatic carbocycles. The van der Waals surface area contributed by atoms with Crippen molar-refractivity contribution in [3.63, 3.8) is 0 Å². The van der Waals surface area contributed by atoms with Crippen molar-refractivity contribution in [3.05, 3.63) is 88.7 Å². The number of carbonyl (C=O) groups is 1. The van der Waals surface area contributed by atoms with E-state index in [0.717, 1.165) is 23.1 Å². The third-order valence-corrected chi connectivity index (χ3v) is 6.71. The summed E-state index contributed by atoms with van der Waals surface area (Å²) in [6.07, 6.45) is 3.37. The largest absolute Gasteiger partial charge is 0.392 e. The molecule has 2 heterocycles. The highest BCUT2D eigenvalue weighted by Crippen LogP contribution is 2.44. The Balaban J connectivity index is 1.37. The second-order valence-electron chi connectivity index (χ2n) is 8.84. The molecule has 32 heavy (non-hydrogen) atoms. The molecule has 0 bridgehead atoms. The zero-order valence-corrected chi connectivity index (χ0v) is 18.1. The number of hydrogen-bond acceptors (Lipinski definition) is 4. The summed E-state index contributed by atoms with van der Waals surface area (Å²) in [5.74, 6) is 0.744. The van der Waals surface area contributed by atoms with Gasteiger partial charge in [-0.2, -0.15) is 0 Å². The van der Waals surface area contributed by atoms with Crippen molar-refractivity contribution in [3.8, 4) is 11.1 Å². The van der Waals surface area contributed by atoms with E-state index in [1.165, 1.54) is 24.0 Å². The lowest BCUT2D eigenvalue weighted by Gasteiger charge is -2.19. The van der Waals surface area contributed by atoms with Crippen molar-refractivity contribution < 1.29 is 15.0 Å². The lowest BCUT2D eigenvalue weighted by Crippen LogP contribution is -2.29. The Morgan fingerprint density at radius 1 is 0.906 bits per heavy atom. The lowest BCUT2D eigenvalue weighted by atomic mass is 9.89. The van der Waals surface area contributed by atoms with Crippen molar-refractivity contribution in [2.45, 2.75) is 44.3 Å². The van der Waals surface area contributed by atoms with Gasteiger partial charge in [-0.15, -0.1) is 0 Å². The highest BCUT2D eigenvalue weighted by molar-refractivity contribution is 5.92. The van der Waals surface area contributed by atoms with E-state index in [1.54, 1.807) is 18.2 Å². The van der Waals surface area contributed by atoms with Crippen LogP contribution in [0.25, 0.3) is 11.1 Å². The number of likely N-dealkylation sites (tertiary alicyclic amines) is 1. The van der Waals surface area contributed by atoms with Crippen LogP contribution in [0, 0.1) is 0 Å². The van der Waals surface area contributed by atoms with Gasteiger partial charge in [0.25, 0.3) is 5.91 Å². The maximum Gasteiger partial charge on any atom is 0.272 e. The molecule has 5 rings (SSSR count). The van der Waals surface area contributed by atoms with Gasteiger partial charge >= 0.3 is 0 Å². The number of benzene rings is 2. The molecule has 1 saturated heterocycles. The predicted molar refractivity (Wildman–Crippen MR) is 123 cm³/mol. The van der Waals surface area contributed by atoms with Crippen LogP contribution in [0.2, 0.25) is 0 Å². The van der Waals surface area contributed by atoms with E-state index >= 15 is 0 Å². The molecule has 2 aliphatic rings. The summed E-state index contributed by atoms with van der Waals surface area (Å²) in [6.45, 7) is 1.07. The third kappa shape index (κ3) is 4.06. The van der Waals surface area contributed by atoms with Gasteiger partial charge in [0, 0.05) is 19.0 Å². The summed E-state index contributed by atoms with van der Waals surface area (Å²) < 4.78 is 0. The highest BCUT2D eigenvalue weighted by Gasteiger charge is 2.30. The minimum atomic E-state index is -0.181. The van der Waals surface area contributed by atoms with Gasteiger partial charge in [-0.1, -0.05) is 42.5 Å². The minimum Gasteiger partial charge on any atom is -0.392 e. The van der Waals surface area contributed by atoms with E-state index < -0.39 is 0 Å². The molecule has 1 atom stereocenters. The van der Waals surface area contributed by atoms with Crippen molar-refractivity contribution in [1.29, 1.82) is 0 Å². The van der Waals surface area contributed by atoms with E-state index in [4.69, 9.17) is 0 Å². The van der Waals surface area contributed by atoms with Crippen LogP contribution in [0.3, 0.4) is 0 Å². The van der Waals surface area contributed by atoms with Crippen LogP contribution in [-0.2, 0) is 13.2 Å². The number of aliphatic hydroxyl groups excluding tert-OH is 2. The standard InChI is InChI=1S/C27H28N2O3/c30-16-21-14-19(25-6-2-1-5-24(25)18-8-9-18)10-11-23(21)20-12-13-29(15-20)27(32)26-7-3-4-22(17-31)28-26/h1-7,10-11,14,18,20,30-31H,8-9,12-13,15-17H2. The summed E-state index contributed by atoms with van der Waals surface area (Å²) in [5.41, 5.74) is 6.73. The van der Waals surface area contributed by atoms with Crippen molar-refractivity contribution in [2.75, 3.05) is 13.1 Å². The molecule has 1 aliphatic carbocycles. The molecule has 2 N–H and O–H groups in total. The molecule has 1 unspecified atom stereocenters. The van der Waals surface area contributed by atoms with Gasteiger partial charge in [-0.25, -0.2) is 4.98 Å². The fourth-order valence-corrected chi connectivity index (χ4v) is 4.87. The van der Waals surface area contributed by atoms with Crippen LogP contribution >= 0.6 is 0 Å². The van der Waals surface area contributed by atoms with E-state index in [9.17, 15) is 15.0 Å². The summed E-state index contributed by atoms with van der Waals surface area (Å²) in [6, 6.07) is 20.1. The molecule has 5 nitrogen and oxygen atoms in total. The fraction of sp³-hybridized carbons (Fsp3) is 0.333. The number of carbonyl (C=O) groups excluding carboxylic acids is 1. The molecular weight excluding hydrogens is 400 g/mol. The normalized spacial score (nSPS) is 18.2. The molecule has 164 valence electrons. The third-order valence-electron chi connectivity index (χ3n) is 6.71. The molecular formula is C27H28N2O3.